The number of piperidine rings is 1. The zero-order valence-electron chi connectivity index (χ0n) is 18.8. The van der Waals surface area contributed by atoms with Gasteiger partial charge in [-0.1, -0.05) is 30.9 Å². The minimum absolute atomic E-state index is 0.0166. The molecule has 0 saturated carbocycles. The minimum Gasteiger partial charge on any atom is -0.508 e. The van der Waals surface area contributed by atoms with Gasteiger partial charge in [0, 0.05) is 30.3 Å². The molecule has 0 radical (unpaired) electrons. The van der Waals surface area contributed by atoms with Crippen molar-refractivity contribution in [1.29, 1.82) is 0 Å². The van der Waals surface area contributed by atoms with E-state index in [4.69, 9.17) is 4.74 Å². The van der Waals surface area contributed by atoms with Crippen molar-refractivity contribution < 1.29 is 14.6 Å². The summed E-state index contributed by atoms with van der Waals surface area (Å²) >= 11 is 0. The summed E-state index contributed by atoms with van der Waals surface area (Å²) in [6.45, 7) is 8.34. The Morgan fingerprint density at radius 2 is 1.88 bits per heavy atom. The second-order valence-electron chi connectivity index (χ2n) is 8.84. The van der Waals surface area contributed by atoms with Crippen molar-refractivity contribution in [3.05, 3.63) is 65.7 Å². The first-order valence-corrected chi connectivity index (χ1v) is 11.8. The maximum absolute atomic E-state index is 13.6. The van der Waals surface area contributed by atoms with Gasteiger partial charge >= 0.3 is 0 Å². The van der Waals surface area contributed by atoms with Crippen molar-refractivity contribution in [1.82, 2.24) is 9.80 Å². The number of carbonyl (C=O) groups excluding carboxylic acids is 1. The average Bonchev–Trinajstić information content (AvgIpc) is 3.35. The molecule has 2 aromatic carbocycles. The Balaban J connectivity index is 1.46. The molecule has 32 heavy (non-hydrogen) atoms. The van der Waals surface area contributed by atoms with Crippen LogP contribution >= 0.6 is 0 Å². The predicted molar refractivity (Wildman–Crippen MR) is 128 cm³/mol. The minimum atomic E-state index is 0.0166. The van der Waals surface area contributed by atoms with Crippen molar-refractivity contribution in [2.75, 3.05) is 32.8 Å². The molecule has 5 heteroatoms. The molecule has 2 aromatic rings. The van der Waals surface area contributed by atoms with E-state index < -0.39 is 0 Å². The van der Waals surface area contributed by atoms with Crippen molar-refractivity contribution in [3.63, 3.8) is 0 Å². The molecule has 0 spiro atoms. The first-order valence-electron chi connectivity index (χ1n) is 11.8. The van der Waals surface area contributed by atoms with Gasteiger partial charge in [-0.25, -0.2) is 0 Å². The van der Waals surface area contributed by atoms with E-state index in [1.54, 1.807) is 24.3 Å². The average molecular weight is 435 g/mol. The maximum atomic E-state index is 13.6. The molecule has 0 unspecified atom stereocenters. The van der Waals surface area contributed by atoms with Crippen LogP contribution in [0.15, 0.2) is 49.0 Å². The number of aromatic hydroxyl groups is 1. The molecule has 5 nitrogen and oxygen atoms in total. The highest BCUT2D eigenvalue weighted by Gasteiger charge is 2.29. The lowest BCUT2D eigenvalue weighted by Gasteiger charge is -2.36. The number of amides is 1. The van der Waals surface area contributed by atoms with E-state index >= 15 is 0 Å². The van der Waals surface area contributed by atoms with E-state index in [9.17, 15) is 9.90 Å². The molecule has 0 aromatic heterocycles. The van der Waals surface area contributed by atoms with Gasteiger partial charge in [-0.05, 0) is 75.4 Å². The number of hydrogen-bond acceptors (Lipinski definition) is 4. The molecule has 2 aliphatic rings. The van der Waals surface area contributed by atoms with E-state index in [2.05, 4.69) is 17.5 Å². The summed E-state index contributed by atoms with van der Waals surface area (Å²) in [4.78, 5) is 18.1. The van der Waals surface area contributed by atoms with Gasteiger partial charge in [0.2, 0.25) is 0 Å². The molecule has 2 aliphatic heterocycles. The summed E-state index contributed by atoms with van der Waals surface area (Å²) in [6.07, 6.45) is 8.21. The fourth-order valence-corrected chi connectivity index (χ4v) is 4.83. The van der Waals surface area contributed by atoms with Gasteiger partial charge in [0.05, 0.1) is 6.04 Å². The molecule has 0 bridgehead atoms. The summed E-state index contributed by atoms with van der Waals surface area (Å²) in [5.41, 5.74) is 2.79. The molecule has 1 amide bonds. The van der Waals surface area contributed by atoms with Crippen molar-refractivity contribution >= 4 is 12.0 Å². The summed E-state index contributed by atoms with van der Waals surface area (Å²) in [5.74, 6) is 0.869. The molecule has 0 aliphatic carbocycles. The SMILES string of the molecule is C=Cc1ccc(O)cc1OC[C@@H]1CCCCN1C(=O)c1ccccc1CCN1CCCC1. The fourth-order valence-electron chi connectivity index (χ4n) is 4.83. The van der Waals surface area contributed by atoms with Crippen LogP contribution in [-0.4, -0.2) is 59.6 Å². The van der Waals surface area contributed by atoms with Gasteiger partial charge in [-0.3, -0.25) is 4.79 Å². The predicted octanol–water partition coefficient (Wildman–Crippen LogP) is 4.75. The van der Waals surface area contributed by atoms with E-state index in [1.807, 2.05) is 23.1 Å². The van der Waals surface area contributed by atoms with Crippen molar-refractivity contribution in [3.8, 4) is 11.5 Å². The van der Waals surface area contributed by atoms with Gasteiger partial charge in [0.1, 0.15) is 18.1 Å². The molecule has 1 N–H and O–H groups in total. The Morgan fingerprint density at radius 1 is 1.09 bits per heavy atom. The number of carbonyl (C=O) groups is 1. The Labute approximate surface area is 191 Å². The number of nitrogens with zero attached hydrogens (tertiary/aromatic N) is 2. The highest BCUT2D eigenvalue weighted by Crippen LogP contribution is 2.27. The topological polar surface area (TPSA) is 53.0 Å². The number of likely N-dealkylation sites (tertiary alicyclic amines) is 2. The number of phenols is 1. The summed E-state index contributed by atoms with van der Waals surface area (Å²) in [7, 11) is 0. The number of ether oxygens (including phenoxy) is 1. The molecular formula is C27H34N2O3. The number of rotatable bonds is 8. The highest BCUT2D eigenvalue weighted by molar-refractivity contribution is 5.96. The van der Waals surface area contributed by atoms with E-state index in [-0.39, 0.29) is 17.7 Å². The van der Waals surface area contributed by atoms with Crippen LogP contribution in [0.2, 0.25) is 0 Å². The Morgan fingerprint density at radius 3 is 2.69 bits per heavy atom. The third-order valence-corrected chi connectivity index (χ3v) is 6.68. The van der Waals surface area contributed by atoms with E-state index in [0.29, 0.717) is 12.4 Å². The molecule has 170 valence electrons. The van der Waals surface area contributed by atoms with E-state index in [1.165, 1.54) is 25.9 Å². The van der Waals surface area contributed by atoms with Crippen LogP contribution in [0, 0.1) is 0 Å². The standard InChI is InChI=1S/C27H34N2O3/c1-2-21-12-13-24(30)19-26(21)32-20-23-10-5-6-17-29(23)27(31)25-11-4-3-9-22(25)14-18-28-15-7-8-16-28/h2-4,9,11-13,19,23,30H,1,5-8,10,14-18,20H2/t23-/m0/s1. The second-order valence-corrected chi connectivity index (χ2v) is 8.84. The summed E-state index contributed by atoms with van der Waals surface area (Å²) in [6, 6.07) is 13.1. The van der Waals surface area contributed by atoms with Crippen LogP contribution < -0.4 is 4.74 Å². The van der Waals surface area contributed by atoms with Gasteiger partial charge in [-0.15, -0.1) is 0 Å². The fraction of sp³-hybridized carbons (Fsp3) is 0.444. The van der Waals surface area contributed by atoms with Crippen molar-refractivity contribution in [2.45, 2.75) is 44.6 Å². The zero-order chi connectivity index (χ0) is 22.3. The van der Waals surface area contributed by atoms with Crippen LogP contribution in [0.25, 0.3) is 6.08 Å². The first-order chi connectivity index (χ1) is 15.7. The number of phenolic OH excluding ortho intramolecular Hbond substituents is 1. The monoisotopic (exact) mass is 434 g/mol. The van der Waals surface area contributed by atoms with Gasteiger partial charge < -0.3 is 19.6 Å². The zero-order valence-corrected chi connectivity index (χ0v) is 18.8. The quantitative estimate of drug-likeness (QED) is 0.652. The summed E-state index contributed by atoms with van der Waals surface area (Å²) < 4.78 is 6.08. The van der Waals surface area contributed by atoms with Gasteiger partial charge in [0.25, 0.3) is 5.91 Å². The Bertz CT molecular complexity index is 936. The number of hydrogen-bond donors (Lipinski definition) is 1. The molecule has 2 fully saturated rings. The Hall–Kier alpha value is -2.79. The normalized spacial score (nSPS) is 19.1. The number of benzene rings is 2. The maximum Gasteiger partial charge on any atom is 0.254 e. The first kappa shape index (κ1) is 22.4. The van der Waals surface area contributed by atoms with Crippen LogP contribution in [-0.2, 0) is 6.42 Å². The lowest BCUT2D eigenvalue weighted by molar-refractivity contribution is 0.0527. The van der Waals surface area contributed by atoms with Crippen LogP contribution in [0.3, 0.4) is 0 Å². The highest BCUT2D eigenvalue weighted by atomic mass is 16.5. The third kappa shape index (κ3) is 5.33. The molecule has 2 heterocycles. The lowest BCUT2D eigenvalue weighted by atomic mass is 9.98. The van der Waals surface area contributed by atoms with Crippen LogP contribution in [0.4, 0.5) is 0 Å². The lowest BCUT2D eigenvalue weighted by Crippen LogP contribution is -2.47. The van der Waals surface area contributed by atoms with E-state index in [0.717, 1.165) is 55.5 Å². The largest absolute Gasteiger partial charge is 0.508 e. The van der Waals surface area contributed by atoms with Crippen LogP contribution in [0.5, 0.6) is 11.5 Å². The molecule has 2 saturated heterocycles. The Kier molecular flexibility index (Phi) is 7.48. The molecule has 1 atom stereocenters. The van der Waals surface area contributed by atoms with Crippen molar-refractivity contribution in [2.24, 2.45) is 0 Å². The molecular weight excluding hydrogens is 400 g/mol. The smallest absolute Gasteiger partial charge is 0.254 e. The second kappa shape index (κ2) is 10.7. The van der Waals surface area contributed by atoms with Gasteiger partial charge in [-0.2, -0.15) is 0 Å². The third-order valence-electron chi connectivity index (χ3n) is 6.68. The van der Waals surface area contributed by atoms with Gasteiger partial charge in [0.15, 0.2) is 0 Å². The molecule has 4 rings (SSSR count). The van der Waals surface area contributed by atoms with Crippen LogP contribution in [0.1, 0.15) is 53.6 Å². The summed E-state index contributed by atoms with van der Waals surface area (Å²) in [5, 5.41) is 9.84.